The number of benzene rings is 1. The average Bonchev–Trinajstić information content (AvgIpc) is 2.40. The van der Waals surface area contributed by atoms with Gasteiger partial charge in [-0.3, -0.25) is 0 Å². The van der Waals surface area contributed by atoms with Crippen LogP contribution in [0.2, 0.25) is 0 Å². The van der Waals surface area contributed by atoms with E-state index in [1.165, 1.54) is 10.9 Å². The van der Waals surface area contributed by atoms with Crippen LogP contribution in [0.15, 0.2) is 30.3 Å². The van der Waals surface area contributed by atoms with Gasteiger partial charge >= 0.3 is 0 Å². The van der Waals surface area contributed by atoms with Crippen molar-refractivity contribution in [2.45, 2.75) is 33.2 Å². The molecule has 0 spiro atoms. The normalized spacial score (nSPS) is 12.6. The Morgan fingerprint density at radius 1 is 1.21 bits per heavy atom. The summed E-state index contributed by atoms with van der Waals surface area (Å²) in [5.74, 6) is 1.08. The van der Waals surface area contributed by atoms with E-state index < -0.39 is 0 Å². The van der Waals surface area contributed by atoms with Crippen LogP contribution >= 0.6 is 0 Å². The van der Waals surface area contributed by atoms with Gasteiger partial charge in [0.05, 0.1) is 5.52 Å². The Kier molecular flexibility index (Phi) is 4.38. The van der Waals surface area contributed by atoms with E-state index in [9.17, 15) is 0 Å². The number of anilines is 1. The Morgan fingerprint density at radius 3 is 2.53 bits per heavy atom. The van der Waals surface area contributed by atoms with Crippen LogP contribution in [-0.4, -0.2) is 24.1 Å². The van der Waals surface area contributed by atoms with Crippen molar-refractivity contribution < 1.29 is 0 Å². The van der Waals surface area contributed by atoms with Gasteiger partial charge in [0.1, 0.15) is 5.82 Å². The molecular formula is C16H23N3. The molecule has 0 aliphatic carbocycles. The van der Waals surface area contributed by atoms with E-state index in [0.717, 1.165) is 30.8 Å². The summed E-state index contributed by atoms with van der Waals surface area (Å²) in [6.07, 6.45) is 0.865. The molecule has 2 rings (SSSR count). The summed E-state index contributed by atoms with van der Waals surface area (Å²) in [4.78, 5) is 7.14. The Balaban J connectivity index is 2.56. The lowest BCUT2D eigenvalue weighted by atomic mass is 10.0. The van der Waals surface area contributed by atoms with Crippen molar-refractivity contribution in [1.82, 2.24) is 4.98 Å². The van der Waals surface area contributed by atoms with E-state index in [2.05, 4.69) is 43.0 Å². The highest BCUT2D eigenvalue weighted by molar-refractivity contribution is 5.81. The SMILES string of the molecule is CCN(CC)c1nc2ccccc2cc1CC(C)N. The molecule has 0 aliphatic rings. The maximum Gasteiger partial charge on any atom is 0.132 e. The number of nitrogens with two attached hydrogens (primary N) is 1. The van der Waals surface area contributed by atoms with E-state index in [-0.39, 0.29) is 6.04 Å². The van der Waals surface area contributed by atoms with Crippen molar-refractivity contribution in [3.05, 3.63) is 35.9 Å². The predicted octanol–water partition coefficient (Wildman–Crippen LogP) is 2.97. The first kappa shape index (κ1) is 13.8. The fourth-order valence-corrected chi connectivity index (χ4v) is 2.44. The van der Waals surface area contributed by atoms with E-state index >= 15 is 0 Å². The van der Waals surface area contributed by atoms with Gasteiger partial charge in [-0.25, -0.2) is 4.98 Å². The summed E-state index contributed by atoms with van der Waals surface area (Å²) in [5, 5.41) is 1.19. The second-order valence-electron chi connectivity index (χ2n) is 5.02. The van der Waals surface area contributed by atoms with Crippen LogP contribution in [-0.2, 0) is 6.42 Å². The smallest absolute Gasteiger partial charge is 0.132 e. The van der Waals surface area contributed by atoms with Crippen LogP contribution in [0.25, 0.3) is 10.9 Å². The summed E-state index contributed by atoms with van der Waals surface area (Å²) in [5.41, 5.74) is 8.28. The molecule has 0 fully saturated rings. The molecule has 1 atom stereocenters. The van der Waals surface area contributed by atoms with Crippen LogP contribution < -0.4 is 10.6 Å². The van der Waals surface area contributed by atoms with Gasteiger partial charge in [-0.05, 0) is 44.9 Å². The van der Waals surface area contributed by atoms with Crippen LogP contribution in [0.4, 0.5) is 5.82 Å². The van der Waals surface area contributed by atoms with Crippen molar-refractivity contribution in [3.8, 4) is 0 Å². The summed E-state index contributed by atoms with van der Waals surface area (Å²) < 4.78 is 0. The molecular weight excluding hydrogens is 234 g/mol. The van der Waals surface area contributed by atoms with Gasteiger partial charge in [-0.2, -0.15) is 0 Å². The van der Waals surface area contributed by atoms with Gasteiger partial charge in [0.2, 0.25) is 0 Å². The van der Waals surface area contributed by atoms with Gasteiger partial charge < -0.3 is 10.6 Å². The molecule has 0 amide bonds. The molecule has 19 heavy (non-hydrogen) atoms. The standard InChI is InChI=1S/C16H23N3/c1-4-19(5-2)16-14(10-12(3)17)11-13-8-6-7-9-15(13)18-16/h6-9,11-12H,4-5,10,17H2,1-3H3. The highest BCUT2D eigenvalue weighted by atomic mass is 15.2. The molecule has 3 heteroatoms. The first-order valence-corrected chi connectivity index (χ1v) is 7.04. The zero-order chi connectivity index (χ0) is 13.8. The Bertz CT molecular complexity index is 545. The second kappa shape index (κ2) is 6.02. The van der Waals surface area contributed by atoms with Crippen LogP contribution in [0.5, 0.6) is 0 Å². The highest BCUT2D eigenvalue weighted by Gasteiger charge is 2.13. The van der Waals surface area contributed by atoms with E-state index in [1.54, 1.807) is 0 Å². The number of pyridine rings is 1. The first-order chi connectivity index (χ1) is 9.15. The number of rotatable bonds is 5. The average molecular weight is 257 g/mol. The lowest BCUT2D eigenvalue weighted by molar-refractivity contribution is 0.728. The van der Waals surface area contributed by atoms with Gasteiger partial charge in [0, 0.05) is 24.5 Å². The second-order valence-corrected chi connectivity index (χ2v) is 5.02. The minimum atomic E-state index is 0.150. The van der Waals surface area contributed by atoms with Crippen LogP contribution in [0.3, 0.4) is 0 Å². The number of fused-ring (bicyclic) bond motifs is 1. The Hall–Kier alpha value is -1.61. The lowest BCUT2D eigenvalue weighted by Crippen LogP contribution is -2.26. The van der Waals surface area contributed by atoms with E-state index in [1.807, 2.05) is 13.0 Å². The Morgan fingerprint density at radius 2 is 1.89 bits per heavy atom. The number of para-hydroxylation sites is 1. The van der Waals surface area contributed by atoms with Crippen molar-refractivity contribution >= 4 is 16.7 Å². The lowest BCUT2D eigenvalue weighted by Gasteiger charge is -2.24. The summed E-state index contributed by atoms with van der Waals surface area (Å²) in [6.45, 7) is 8.30. The molecule has 1 aromatic heterocycles. The maximum absolute atomic E-state index is 5.97. The van der Waals surface area contributed by atoms with Crippen molar-refractivity contribution in [2.24, 2.45) is 5.73 Å². The summed E-state index contributed by atoms with van der Waals surface area (Å²) >= 11 is 0. The molecule has 0 radical (unpaired) electrons. The van der Waals surface area contributed by atoms with E-state index in [4.69, 9.17) is 10.7 Å². The maximum atomic E-state index is 5.97. The third-order valence-electron chi connectivity index (χ3n) is 3.38. The molecule has 3 nitrogen and oxygen atoms in total. The minimum absolute atomic E-state index is 0.150. The van der Waals surface area contributed by atoms with Gasteiger partial charge in [0.15, 0.2) is 0 Å². The fraction of sp³-hybridized carbons (Fsp3) is 0.438. The van der Waals surface area contributed by atoms with Crippen molar-refractivity contribution in [2.75, 3.05) is 18.0 Å². The molecule has 0 aliphatic heterocycles. The zero-order valence-electron chi connectivity index (χ0n) is 12.1. The van der Waals surface area contributed by atoms with E-state index in [0.29, 0.717) is 0 Å². The van der Waals surface area contributed by atoms with Crippen LogP contribution in [0, 0.1) is 0 Å². The molecule has 2 N–H and O–H groups in total. The fourth-order valence-electron chi connectivity index (χ4n) is 2.44. The van der Waals surface area contributed by atoms with Gasteiger partial charge in [-0.1, -0.05) is 18.2 Å². The minimum Gasteiger partial charge on any atom is -0.357 e. The predicted molar refractivity (Wildman–Crippen MR) is 82.7 cm³/mol. The van der Waals surface area contributed by atoms with Crippen molar-refractivity contribution in [1.29, 1.82) is 0 Å². The quantitative estimate of drug-likeness (QED) is 0.895. The molecule has 1 aromatic carbocycles. The summed E-state index contributed by atoms with van der Waals surface area (Å²) in [6, 6.07) is 10.6. The molecule has 2 aromatic rings. The summed E-state index contributed by atoms with van der Waals surface area (Å²) in [7, 11) is 0. The molecule has 0 bridgehead atoms. The van der Waals surface area contributed by atoms with Crippen molar-refractivity contribution in [3.63, 3.8) is 0 Å². The molecule has 0 saturated heterocycles. The molecule has 102 valence electrons. The molecule has 1 heterocycles. The van der Waals surface area contributed by atoms with Gasteiger partial charge in [-0.15, -0.1) is 0 Å². The number of hydrogen-bond donors (Lipinski definition) is 1. The zero-order valence-corrected chi connectivity index (χ0v) is 12.1. The third-order valence-corrected chi connectivity index (χ3v) is 3.38. The number of aromatic nitrogens is 1. The largest absolute Gasteiger partial charge is 0.357 e. The molecule has 1 unspecified atom stereocenters. The number of nitrogens with zero attached hydrogens (tertiary/aromatic N) is 2. The van der Waals surface area contributed by atoms with Gasteiger partial charge in [0.25, 0.3) is 0 Å². The monoisotopic (exact) mass is 257 g/mol. The number of hydrogen-bond acceptors (Lipinski definition) is 3. The first-order valence-electron chi connectivity index (χ1n) is 7.04. The van der Waals surface area contributed by atoms with Crippen LogP contribution in [0.1, 0.15) is 26.3 Å². The Labute approximate surface area is 115 Å². The molecule has 0 saturated carbocycles. The third kappa shape index (κ3) is 3.04. The highest BCUT2D eigenvalue weighted by Crippen LogP contribution is 2.24. The topological polar surface area (TPSA) is 42.2 Å².